The summed E-state index contributed by atoms with van der Waals surface area (Å²) in [7, 11) is 1.66. The zero-order chi connectivity index (χ0) is 15.1. The first-order valence-electron chi connectivity index (χ1n) is 7.32. The second-order valence-electron chi connectivity index (χ2n) is 4.93. The summed E-state index contributed by atoms with van der Waals surface area (Å²) >= 11 is 0. The van der Waals surface area contributed by atoms with Gasteiger partial charge in [0.25, 0.3) is 0 Å². The molecular formula is C18H24ClNO2. The van der Waals surface area contributed by atoms with Gasteiger partial charge in [-0.2, -0.15) is 0 Å². The minimum atomic E-state index is 0. The quantitative estimate of drug-likeness (QED) is 0.821. The predicted octanol–water partition coefficient (Wildman–Crippen LogP) is 4.37. The molecule has 1 N–H and O–H groups in total. The molecule has 0 aliphatic heterocycles. The number of ether oxygens (including phenoxy) is 2. The Hall–Kier alpha value is -1.71. The number of nitrogens with one attached hydrogen (secondary N) is 1. The van der Waals surface area contributed by atoms with E-state index in [4.69, 9.17) is 9.47 Å². The van der Waals surface area contributed by atoms with E-state index in [1.807, 2.05) is 25.1 Å². The van der Waals surface area contributed by atoms with E-state index < -0.39 is 0 Å². The second kappa shape index (κ2) is 9.34. The largest absolute Gasteiger partial charge is 0.493 e. The van der Waals surface area contributed by atoms with Crippen molar-refractivity contribution in [3.05, 3.63) is 59.7 Å². The maximum atomic E-state index is 5.61. The topological polar surface area (TPSA) is 30.5 Å². The number of rotatable bonds is 7. The van der Waals surface area contributed by atoms with Crippen molar-refractivity contribution in [2.75, 3.05) is 13.7 Å². The fraction of sp³-hybridized carbons (Fsp3) is 0.333. The lowest BCUT2D eigenvalue weighted by atomic mass is 10.1. The van der Waals surface area contributed by atoms with E-state index in [1.165, 1.54) is 11.1 Å². The first-order valence-corrected chi connectivity index (χ1v) is 7.32. The van der Waals surface area contributed by atoms with Gasteiger partial charge in [0, 0.05) is 12.6 Å². The standard InChI is InChI=1S/C18H23NO2.ClH/c1-4-21-18-12-15(10-11-17(18)20-3)13-19-14(2)16-8-6-5-7-9-16;/h5-12,14,19H,4,13H2,1-3H3;1H. The molecule has 2 aromatic carbocycles. The number of benzene rings is 2. The van der Waals surface area contributed by atoms with Crippen molar-refractivity contribution < 1.29 is 9.47 Å². The lowest BCUT2D eigenvalue weighted by molar-refractivity contribution is 0.310. The van der Waals surface area contributed by atoms with Crippen LogP contribution in [0.15, 0.2) is 48.5 Å². The molecule has 0 heterocycles. The van der Waals surface area contributed by atoms with Crippen molar-refractivity contribution in [2.24, 2.45) is 0 Å². The Balaban J connectivity index is 0.00000242. The molecule has 0 spiro atoms. The molecule has 0 radical (unpaired) electrons. The summed E-state index contributed by atoms with van der Waals surface area (Å²) in [5.74, 6) is 1.57. The summed E-state index contributed by atoms with van der Waals surface area (Å²) in [5.41, 5.74) is 2.47. The Morgan fingerprint density at radius 3 is 2.41 bits per heavy atom. The molecule has 4 heteroatoms. The van der Waals surface area contributed by atoms with Gasteiger partial charge in [-0.3, -0.25) is 0 Å². The van der Waals surface area contributed by atoms with Gasteiger partial charge in [0.05, 0.1) is 13.7 Å². The van der Waals surface area contributed by atoms with E-state index in [1.54, 1.807) is 7.11 Å². The maximum absolute atomic E-state index is 5.61. The average molecular weight is 322 g/mol. The zero-order valence-electron chi connectivity index (χ0n) is 13.3. The molecule has 0 fully saturated rings. The van der Waals surface area contributed by atoms with Gasteiger partial charge in [-0.1, -0.05) is 36.4 Å². The predicted molar refractivity (Wildman–Crippen MR) is 93.1 cm³/mol. The highest BCUT2D eigenvalue weighted by Gasteiger charge is 2.07. The van der Waals surface area contributed by atoms with E-state index in [2.05, 4.69) is 42.6 Å². The molecule has 0 saturated heterocycles. The Kier molecular flexibility index (Phi) is 7.78. The van der Waals surface area contributed by atoms with Gasteiger partial charge in [0.2, 0.25) is 0 Å². The van der Waals surface area contributed by atoms with Crippen LogP contribution >= 0.6 is 12.4 Å². The lowest BCUT2D eigenvalue weighted by Crippen LogP contribution is -2.18. The molecule has 0 bridgehead atoms. The first-order chi connectivity index (χ1) is 10.2. The molecule has 2 rings (SSSR count). The molecule has 120 valence electrons. The Bertz CT molecular complexity index is 560. The number of methoxy groups -OCH3 is 1. The van der Waals surface area contributed by atoms with Crippen molar-refractivity contribution in [1.82, 2.24) is 5.32 Å². The third-order valence-electron chi connectivity index (χ3n) is 3.44. The smallest absolute Gasteiger partial charge is 0.161 e. The zero-order valence-corrected chi connectivity index (χ0v) is 14.2. The van der Waals surface area contributed by atoms with Gasteiger partial charge in [0.1, 0.15) is 0 Å². The second-order valence-corrected chi connectivity index (χ2v) is 4.93. The molecule has 1 unspecified atom stereocenters. The van der Waals surface area contributed by atoms with Crippen LogP contribution in [0.5, 0.6) is 11.5 Å². The highest BCUT2D eigenvalue weighted by Crippen LogP contribution is 2.28. The van der Waals surface area contributed by atoms with Crippen molar-refractivity contribution >= 4 is 12.4 Å². The minimum absolute atomic E-state index is 0. The molecule has 2 aromatic rings. The highest BCUT2D eigenvalue weighted by molar-refractivity contribution is 5.85. The first kappa shape index (κ1) is 18.3. The average Bonchev–Trinajstić information content (AvgIpc) is 2.54. The van der Waals surface area contributed by atoms with Crippen LogP contribution in [0.2, 0.25) is 0 Å². The van der Waals surface area contributed by atoms with Crippen LogP contribution in [0.3, 0.4) is 0 Å². The van der Waals surface area contributed by atoms with E-state index in [-0.39, 0.29) is 12.4 Å². The lowest BCUT2D eigenvalue weighted by Gasteiger charge is -2.15. The molecule has 3 nitrogen and oxygen atoms in total. The van der Waals surface area contributed by atoms with Crippen molar-refractivity contribution in [3.63, 3.8) is 0 Å². The van der Waals surface area contributed by atoms with E-state index in [0.717, 1.165) is 18.0 Å². The van der Waals surface area contributed by atoms with Crippen molar-refractivity contribution in [1.29, 1.82) is 0 Å². The molecular weight excluding hydrogens is 298 g/mol. The summed E-state index contributed by atoms with van der Waals surface area (Å²) in [6.45, 7) is 5.57. The van der Waals surface area contributed by atoms with Gasteiger partial charge in [-0.05, 0) is 37.1 Å². The summed E-state index contributed by atoms with van der Waals surface area (Å²) in [5, 5.41) is 3.53. The van der Waals surface area contributed by atoms with Crippen LogP contribution in [-0.4, -0.2) is 13.7 Å². The molecule has 0 aliphatic rings. The van der Waals surface area contributed by atoms with Gasteiger partial charge in [-0.15, -0.1) is 12.4 Å². The van der Waals surface area contributed by atoms with E-state index in [0.29, 0.717) is 12.6 Å². The Morgan fingerprint density at radius 1 is 1.05 bits per heavy atom. The van der Waals surface area contributed by atoms with Crippen LogP contribution in [0, 0.1) is 0 Å². The molecule has 22 heavy (non-hydrogen) atoms. The number of hydrogen-bond acceptors (Lipinski definition) is 3. The Labute approximate surface area is 139 Å². The van der Waals surface area contributed by atoms with E-state index in [9.17, 15) is 0 Å². The van der Waals surface area contributed by atoms with Crippen molar-refractivity contribution in [2.45, 2.75) is 26.4 Å². The number of halogens is 1. The van der Waals surface area contributed by atoms with Crippen LogP contribution in [-0.2, 0) is 6.54 Å². The van der Waals surface area contributed by atoms with Crippen LogP contribution in [0.25, 0.3) is 0 Å². The monoisotopic (exact) mass is 321 g/mol. The molecule has 0 amide bonds. The van der Waals surface area contributed by atoms with Crippen LogP contribution in [0.4, 0.5) is 0 Å². The van der Waals surface area contributed by atoms with Gasteiger partial charge >= 0.3 is 0 Å². The highest BCUT2D eigenvalue weighted by atomic mass is 35.5. The molecule has 1 atom stereocenters. The third-order valence-corrected chi connectivity index (χ3v) is 3.44. The SMILES string of the molecule is CCOc1cc(CNC(C)c2ccccc2)ccc1OC.Cl. The minimum Gasteiger partial charge on any atom is -0.493 e. The van der Waals surface area contributed by atoms with Crippen molar-refractivity contribution in [3.8, 4) is 11.5 Å². The fourth-order valence-corrected chi connectivity index (χ4v) is 2.23. The molecule has 0 aliphatic carbocycles. The summed E-state index contributed by atoms with van der Waals surface area (Å²) in [6.07, 6.45) is 0. The van der Waals surface area contributed by atoms with Crippen LogP contribution < -0.4 is 14.8 Å². The molecule has 0 aromatic heterocycles. The van der Waals surface area contributed by atoms with E-state index >= 15 is 0 Å². The van der Waals surface area contributed by atoms with Gasteiger partial charge in [-0.25, -0.2) is 0 Å². The summed E-state index contributed by atoms with van der Waals surface area (Å²) in [4.78, 5) is 0. The Morgan fingerprint density at radius 2 is 1.77 bits per heavy atom. The maximum Gasteiger partial charge on any atom is 0.161 e. The van der Waals surface area contributed by atoms with Gasteiger partial charge < -0.3 is 14.8 Å². The number of hydrogen-bond donors (Lipinski definition) is 1. The normalized spacial score (nSPS) is 11.4. The fourth-order valence-electron chi connectivity index (χ4n) is 2.23. The molecule has 0 saturated carbocycles. The van der Waals surface area contributed by atoms with Crippen LogP contribution in [0.1, 0.15) is 31.0 Å². The van der Waals surface area contributed by atoms with Gasteiger partial charge in [0.15, 0.2) is 11.5 Å². The third kappa shape index (κ3) is 4.93. The summed E-state index contributed by atoms with van der Waals surface area (Å²) in [6, 6.07) is 16.8. The summed E-state index contributed by atoms with van der Waals surface area (Å²) < 4.78 is 10.9.